The van der Waals surface area contributed by atoms with E-state index in [0.717, 1.165) is 5.82 Å². The molecule has 2 aromatic heterocycles. The fourth-order valence-corrected chi connectivity index (χ4v) is 3.81. The van der Waals surface area contributed by atoms with Gasteiger partial charge in [-0.05, 0) is 30.2 Å². The summed E-state index contributed by atoms with van der Waals surface area (Å²) in [4.78, 5) is 17.8. The van der Waals surface area contributed by atoms with Crippen molar-refractivity contribution in [3.63, 3.8) is 0 Å². The van der Waals surface area contributed by atoms with E-state index in [4.69, 9.17) is 0 Å². The molecule has 22 heavy (non-hydrogen) atoms. The van der Waals surface area contributed by atoms with Crippen LogP contribution in [0.1, 0.15) is 49.4 Å². The molecule has 0 spiro atoms. The molecule has 7 heteroatoms. The summed E-state index contributed by atoms with van der Waals surface area (Å²) in [6.07, 6.45) is 2.38. The maximum Gasteiger partial charge on any atom is 0.230 e. The van der Waals surface area contributed by atoms with Gasteiger partial charge in [-0.25, -0.2) is 4.98 Å². The third kappa shape index (κ3) is 3.89. The molecule has 2 N–H and O–H groups in total. The Morgan fingerprint density at radius 1 is 1.55 bits per heavy atom. The summed E-state index contributed by atoms with van der Waals surface area (Å²) in [6, 6.07) is 4.16. The number of hydrogen-bond donors (Lipinski definition) is 2. The Morgan fingerprint density at radius 2 is 2.36 bits per heavy atom. The topological polar surface area (TPSA) is 70.7 Å². The van der Waals surface area contributed by atoms with E-state index in [9.17, 15) is 4.79 Å². The van der Waals surface area contributed by atoms with Crippen molar-refractivity contribution in [2.75, 3.05) is 5.75 Å². The zero-order valence-electron chi connectivity index (χ0n) is 12.7. The number of nitrogens with zero attached hydrogens (tertiary/aromatic N) is 2. The number of aromatic nitrogens is 3. The molecule has 1 unspecified atom stereocenters. The molecule has 0 radical (unpaired) electrons. The fourth-order valence-electron chi connectivity index (χ4n) is 2.24. The Labute approximate surface area is 138 Å². The van der Waals surface area contributed by atoms with Crippen molar-refractivity contribution in [2.45, 2.75) is 43.8 Å². The molecule has 0 aromatic carbocycles. The first-order valence-corrected chi connectivity index (χ1v) is 9.38. The van der Waals surface area contributed by atoms with E-state index >= 15 is 0 Å². The predicted octanol–water partition coefficient (Wildman–Crippen LogP) is 3.35. The van der Waals surface area contributed by atoms with Crippen LogP contribution in [0, 0.1) is 5.92 Å². The Hall–Kier alpha value is -1.34. The summed E-state index contributed by atoms with van der Waals surface area (Å²) in [5.74, 6) is 2.24. The average Bonchev–Trinajstić information content (AvgIpc) is 3.02. The van der Waals surface area contributed by atoms with Gasteiger partial charge in [0.05, 0.1) is 11.8 Å². The van der Waals surface area contributed by atoms with Crippen molar-refractivity contribution < 1.29 is 4.79 Å². The van der Waals surface area contributed by atoms with E-state index in [1.807, 2.05) is 11.4 Å². The first-order chi connectivity index (χ1) is 10.6. The number of nitrogens with one attached hydrogen (secondary N) is 2. The number of thioether (sulfide) groups is 1. The molecule has 1 atom stereocenters. The van der Waals surface area contributed by atoms with Gasteiger partial charge in [0.2, 0.25) is 11.1 Å². The Morgan fingerprint density at radius 3 is 3.00 bits per heavy atom. The van der Waals surface area contributed by atoms with Gasteiger partial charge in [0, 0.05) is 10.8 Å². The predicted molar refractivity (Wildman–Crippen MR) is 89.1 cm³/mol. The number of thiophene rings is 1. The minimum Gasteiger partial charge on any atom is -0.347 e. The summed E-state index contributed by atoms with van der Waals surface area (Å²) < 4.78 is 0. The molecule has 2 heterocycles. The molecule has 1 fully saturated rings. The van der Waals surface area contributed by atoms with Gasteiger partial charge in [-0.2, -0.15) is 0 Å². The first-order valence-electron chi connectivity index (χ1n) is 7.51. The quantitative estimate of drug-likeness (QED) is 0.761. The molecule has 2 aromatic rings. The minimum absolute atomic E-state index is 0.0230. The Kier molecular flexibility index (Phi) is 4.83. The van der Waals surface area contributed by atoms with Crippen molar-refractivity contribution in [3.05, 3.63) is 28.2 Å². The number of aromatic amines is 1. The Bertz CT molecular complexity index is 619. The lowest BCUT2D eigenvalue weighted by atomic mass is 10.0. The normalized spacial score (nSPS) is 16.0. The lowest BCUT2D eigenvalue weighted by Crippen LogP contribution is -2.32. The van der Waals surface area contributed by atoms with Crippen molar-refractivity contribution >= 4 is 29.0 Å². The minimum atomic E-state index is 0.0230. The van der Waals surface area contributed by atoms with Gasteiger partial charge >= 0.3 is 0 Å². The van der Waals surface area contributed by atoms with Crippen molar-refractivity contribution in [1.82, 2.24) is 20.5 Å². The molecule has 1 saturated carbocycles. The first kappa shape index (κ1) is 15.6. The zero-order chi connectivity index (χ0) is 15.5. The van der Waals surface area contributed by atoms with Crippen LogP contribution in [0.3, 0.4) is 0 Å². The SMILES string of the molecule is CC(C)C(NC(=O)CSc1n[nH]c(C2CC2)n1)c1cccs1. The lowest BCUT2D eigenvalue weighted by molar-refractivity contribution is -0.119. The summed E-state index contributed by atoms with van der Waals surface area (Å²) >= 11 is 3.06. The molecular weight excluding hydrogens is 316 g/mol. The number of hydrogen-bond acceptors (Lipinski definition) is 5. The molecule has 0 bridgehead atoms. The van der Waals surface area contributed by atoms with Crippen molar-refractivity contribution in [3.8, 4) is 0 Å². The van der Waals surface area contributed by atoms with Crippen LogP contribution in [0.4, 0.5) is 0 Å². The van der Waals surface area contributed by atoms with E-state index < -0.39 is 0 Å². The molecule has 0 saturated heterocycles. The van der Waals surface area contributed by atoms with Crippen molar-refractivity contribution in [1.29, 1.82) is 0 Å². The molecule has 1 amide bonds. The van der Waals surface area contributed by atoms with E-state index in [-0.39, 0.29) is 11.9 Å². The second-order valence-corrected chi connectivity index (χ2v) is 7.79. The summed E-state index contributed by atoms with van der Waals surface area (Å²) in [7, 11) is 0. The van der Waals surface area contributed by atoms with Gasteiger partial charge in [0.15, 0.2) is 0 Å². The smallest absolute Gasteiger partial charge is 0.230 e. The third-order valence-corrected chi connectivity index (χ3v) is 5.41. The van der Waals surface area contributed by atoms with Crippen LogP contribution in [0.15, 0.2) is 22.7 Å². The largest absolute Gasteiger partial charge is 0.347 e. The average molecular weight is 336 g/mol. The number of amides is 1. The highest BCUT2D eigenvalue weighted by atomic mass is 32.2. The van der Waals surface area contributed by atoms with Crippen molar-refractivity contribution in [2.24, 2.45) is 5.92 Å². The highest BCUT2D eigenvalue weighted by Gasteiger charge is 2.27. The highest BCUT2D eigenvalue weighted by Crippen LogP contribution is 2.38. The number of carbonyl (C=O) groups is 1. The number of carbonyl (C=O) groups excluding carboxylic acids is 1. The van der Waals surface area contributed by atoms with Gasteiger partial charge in [0.25, 0.3) is 0 Å². The van der Waals surface area contributed by atoms with Crippen LogP contribution in [-0.2, 0) is 4.79 Å². The highest BCUT2D eigenvalue weighted by molar-refractivity contribution is 7.99. The number of H-pyrrole nitrogens is 1. The Balaban J connectivity index is 1.52. The summed E-state index contributed by atoms with van der Waals surface area (Å²) in [5.41, 5.74) is 0. The molecule has 0 aliphatic heterocycles. The van der Waals surface area contributed by atoms with E-state index in [1.165, 1.54) is 29.5 Å². The maximum atomic E-state index is 12.2. The van der Waals surface area contributed by atoms with Gasteiger partial charge < -0.3 is 5.32 Å². The van der Waals surface area contributed by atoms with E-state index in [0.29, 0.717) is 22.7 Å². The van der Waals surface area contributed by atoms with Crippen LogP contribution in [-0.4, -0.2) is 26.8 Å². The van der Waals surface area contributed by atoms with Gasteiger partial charge in [-0.1, -0.05) is 31.7 Å². The van der Waals surface area contributed by atoms with Crippen LogP contribution in [0.5, 0.6) is 0 Å². The third-order valence-electron chi connectivity index (χ3n) is 3.61. The fraction of sp³-hybridized carbons (Fsp3) is 0.533. The second kappa shape index (κ2) is 6.83. The lowest BCUT2D eigenvalue weighted by Gasteiger charge is -2.21. The van der Waals surface area contributed by atoms with Crippen LogP contribution >= 0.6 is 23.1 Å². The van der Waals surface area contributed by atoms with Gasteiger partial charge in [-0.15, -0.1) is 16.4 Å². The van der Waals surface area contributed by atoms with Crippen LogP contribution < -0.4 is 5.32 Å². The van der Waals surface area contributed by atoms with Crippen LogP contribution in [0.2, 0.25) is 0 Å². The van der Waals surface area contributed by atoms with E-state index in [1.54, 1.807) is 11.3 Å². The molecule has 1 aliphatic rings. The van der Waals surface area contributed by atoms with E-state index in [2.05, 4.69) is 40.4 Å². The van der Waals surface area contributed by atoms with Gasteiger partial charge in [-0.3, -0.25) is 9.89 Å². The second-order valence-electron chi connectivity index (χ2n) is 5.87. The monoisotopic (exact) mass is 336 g/mol. The number of rotatable bonds is 7. The molecular formula is C15H20N4OS2. The van der Waals surface area contributed by atoms with Gasteiger partial charge in [0.1, 0.15) is 5.82 Å². The molecule has 5 nitrogen and oxygen atoms in total. The maximum absolute atomic E-state index is 12.2. The molecule has 3 rings (SSSR count). The zero-order valence-corrected chi connectivity index (χ0v) is 14.3. The summed E-state index contributed by atoms with van der Waals surface area (Å²) in [6.45, 7) is 4.24. The van der Waals surface area contributed by atoms with Crippen LogP contribution in [0.25, 0.3) is 0 Å². The molecule has 1 aliphatic carbocycles. The standard InChI is InChI=1S/C15H20N4OS2/c1-9(2)13(11-4-3-7-21-11)16-12(20)8-22-15-17-14(18-19-15)10-5-6-10/h3-4,7,9-10,13H,5-6,8H2,1-2H3,(H,16,20)(H,17,18,19). The molecule has 118 valence electrons. The summed E-state index contributed by atoms with van der Waals surface area (Å²) in [5, 5.41) is 12.9.